The van der Waals surface area contributed by atoms with Gasteiger partial charge in [0.05, 0.1) is 22.6 Å². The fourth-order valence-corrected chi connectivity index (χ4v) is 5.40. The fraction of sp³-hybridized carbons (Fsp3) is 0.321. The molecule has 2 atom stereocenters. The van der Waals surface area contributed by atoms with Gasteiger partial charge in [-0.2, -0.15) is 0 Å². The number of carboxylic acid groups (broad SMARTS) is 1. The van der Waals surface area contributed by atoms with Crippen molar-refractivity contribution >= 4 is 32.9 Å². The minimum Gasteiger partial charge on any atom is -0.487 e. The average Bonchev–Trinajstić information content (AvgIpc) is 3.21. The van der Waals surface area contributed by atoms with Crippen LogP contribution in [0.2, 0.25) is 0 Å². The minimum absolute atomic E-state index is 0.109. The lowest BCUT2D eigenvalue weighted by atomic mass is 9.78. The number of hydrogen-bond donors (Lipinski definition) is 1. The van der Waals surface area contributed by atoms with E-state index < -0.39 is 11.9 Å². The average molecular weight is 534 g/mol. The number of aliphatic carboxylic acids is 1. The standard InChI is InChI=1S/C28H28BrN3O3/c1-18-9-10-21(30-15-18)17-35-22-11-12-25-26(14-22)32(16-19-5-4-6-20(29)13-19)27(31-25)23-7-2-3-8-24(23)28(33)34/h4-6,9-15,23-24H,2-3,7-8,16-17H2,1H3,(H,33,34)/t23-,24-/m0/s1. The molecule has 180 valence electrons. The van der Waals surface area contributed by atoms with Crippen LogP contribution in [0.15, 0.2) is 65.3 Å². The zero-order valence-electron chi connectivity index (χ0n) is 19.7. The van der Waals surface area contributed by atoms with Gasteiger partial charge in [-0.25, -0.2) is 4.98 Å². The summed E-state index contributed by atoms with van der Waals surface area (Å²) in [4.78, 5) is 21.5. The highest BCUT2D eigenvalue weighted by Gasteiger charge is 2.35. The summed E-state index contributed by atoms with van der Waals surface area (Å²) >= 11 is 3.57. The highest BCUT2D eigenvalue weighted by molar-refractivity contribution is 9.10. The molecule has 2 heterocycles. The molecule has 0 saturated heterocycles. The molecule has 4 aromatic rings. The van der Waals surface area contributed by atoms with Gasteiger partial charge in [0, 0.05) is 29.2 Å². The number of aromatic nitrogens is 3. The highest BCUT2D eigenvalue weighted by atomic mass is 79.9. The first-order valence-electron chi connectivity index (χ1n) is 12.0. The summed E-state index contributed by atoms with van der Waals surface area (Å²) in [5.41, 5.74) is 4.90. The number of nitrogens with zero attached hydrogens (tertiary/aromatic N) is 3. The number of carboxylic acids is 1. The van der Waals surface area contributed by atoms with Crippen LogP contribution in [0.4, 0.5) is 0 Å². The van der Waals surface area contributed by atoms with Crippen LogP contribution < -0.4 is 4.74 Å². The van der Waals surface area contributed by atoms with Crippen LogP contribution in [0.25, 0.3) is 11.0 Å². The number of imidazole rings is 1. The van der Waals surface area contributed by atoms with Gasteiger partial charge in [-0.05, 0) is 61.2 Å². The van der Waals surface area contributed by atoms with Crippen molar-refractivity contribution in [3.8, 4) is 5.75 Å². The SMILES string of the molecule is Cc1ccc(COc2ccc3nc([C@H]4CCCC[C@@H]4C(=O)O)n(Cc4cccc(Br)c4)c3c2)nc1. The monoisotopic (exact) mass is 533 g/mol. The molecule has 1 aliphatic carbocycles. The van der Waals surface area contributed by atoms with Gasteiger partial charge in [0.15, 0.2) is 0 Å². The first kappa shape index (κ1) is 23.5. The van der Waals surface area contributed by atoms with Crippen molar-refractivity contribution in [3.63, 3.8) is 0 Å². The summed E-state index contributed by atoms with van der Waals surface area (Å²) in [6.45, 7) is 3.00. The molecular weight excluding hydrogens is 506 g/mol. The molecule has 2 aromatic carbocycles. The van der Waals surface area contributed by atoms with E-state index in [1.54, 1.807) is 0 Å². The lowest BCUT2D eigenvalue weighted by molar-refractivity contribution is -0.143. The molecule has 0 unspecified atom stereocenters. The topological polar surface area (TPSA) is 77.2 Å². The van der Waals surface area contributed by atoms with Gasteiger partial charge in [-0.15, -0.1) is 0 Å². The smallest absolute Gasteiger partial charge is 0.307 e. The molecule has 1 aliphatic rings. The minimum atomic E-state index is -0.731. The van der Waals surface area contributed by atoms with E-state index in [9.17, 15) is 9.90 Å². The van der Waals surface area contributed by atoms with Gasteiger partial charge in [0.1, 0.15) is 18.2 Å². The molecule has 1 fully saturated rings. The van der Waals surface area contributed by atoms with E-state index in [1.165, 1.54) is 0 Å². The second-order valence-corrected chi connectivity index (χ2v) is 10.2. The fourth-order valence-electron chi connectivity index (χ4n) is 4.95. The number of hydrogen-bond acceptors (Lipinski definition) is 4. The van der Waals surface area contributed by atoms with Crippen LogP contribution in [-0.2, 0) is 17.9 Å². The maximum Gasteiger partial charge on any atom is 0.307 e. The maximum absolute atomic E-state index is 12.1. The Balaban J connectivity index is 1.53. The Hall–Kier alpha value is -3.19. The largest absolute Gasteiger partial charge is 0.487 e. The Bertz CT molecular complexity index is 1350. The predicted molar refractivity (Wildman–Crippen MR) is 139 cm³/mol. The predicted octanol–water partition coefficient (Wildman–Crippen LogP) is 6.49. The number of fused-ring (bicyclic) bond motifs is 1. The second kappa shape index (κ2) is 10.2. The van der Waals surface area contributed by atoms with Crippen molar-refractivity contribution in [2.24, 2.45) is 5.92 Å². The Labute approximate surface area is 213 Å². The molecule has 7 heteroatoms. The summed E-state index contributed by atoms with van der Waals surface area (Å²) in [6.07, 6.45) is 5.33. The molecule has 1 N–H and O–H groups in total. The molecular formula is C28H28BrN3O3. The highest BCUT2D eigenvalue weighted by Crippen LogP contribution is 2.39. The van der Waals surface area contributed by atoms with E-state index in [0.717, 1.165) is 63.2 Å². The maximum atomic E-state index is 12.1. The van der Waals surface area contributed by atoms with E-state index in [0.29, 0.717) is 19.6 Å². The van der Waals surface area contributed by atoms with Crippen molar-refractivity contribution < 1.29 is 14.6 Å². The molecule has 0 aliphatic heterocycles. The van der Waals surface area contributed by atoms with Gasteiger partial charge in [0.2, 0.25) is 0 Å². The Morgan fingerprint density at radius 1 is 1.14 bits per heavy atom. The number of halogens is 1. The summed E-state index contributed by atoms with van der Waals surface area (Å²) < 4.78 is 9.26. The summed E-state index contributed by atoms with van der Waals surface area (Å²) in [5.74, 6) is 0.335. The van der Waals surface area contributed by atoms with E-state index in [-0.39, 0.29) is 5.92 Å². The molecule has 6 nitrogen and oxygen atoms in total. The molecule has 1 saturated carbocycles. The van der Waals surface area contributed by atoms with Gasteiger partial charge in [-0.1, -0.05) is 47.0 Å². The molecule has 2 aromatic heterocycles. The lowest BCUT2D eigenvalue weighted by Crippen LogP contribution is -2.27. The van der Waals surface area contributed by atoms with Crippen molar-refractivity contribution in [1.29, 1.82) is 0 Å². The molecule has 0 radical (unpaired) electrons. The van der Waals surface area contributed by atoms with Gasteiger partial charge in [0.25, 0.3) is 0 Å². The number of pyridine rings is 1. The summed E-state index contributed by atoms with van der Waals surface area (Å²) in [6, 6.07) is 18.1. The van der Waals surface area contributed by atoms with Gasteiger partial charge >= 0.3 is 5.97 Å². The van der Waals surface area contributed by atoms with Crippen LogP contribution in [0.1, 0.15) is 54.2 Å². The third-order valence-corrected chi connectivity index (χ3v) is 7.25. The van der Waals surface area contributed by atoms with E-state index in [4.69, 9.17) is 9.72 Å². The second-order valence-electron chi connectivity index (χ2n) is 9.29. The van der Waals surface area contributed by atoms with E-state index in [2.05, 4.69) is 37.6 Å². The molecule has 35 heavy (non-hydrogen) atoms. The molecule has 0 amide bonds. The third kappa shape index (κ3) is 5.25. The van der Waals surface area contributed by atoms with Crippen LogP contribution in [0.3, 0.4) is 0 Å². The summed E-state index contributed by atoms with van der Waals surface area (Å²) in [5, 5.41) is 9.93. The summed E-state index contributed by atoms with van der Waals surface area (Å²) in [7, 11) is 0. The molecule has 0 spiro atoms. The Kier molecular flexibility index (Phi) is 6.86. The van der Waals surface area contributed by atoms with E-state index in [1.807, 2.05) is 55.6 Å². The number of ether oxygens (including phenoxy) is 1. The van der Waals surface area contributed by atoms with Crippen molar-refractivity contribution in [3.05, 3.63) is 87.9 Å². The first-order valence-corrected chi connectivity index (χ1v) is 12.8. The number of aryl methyl sites for hydroxylation is 1. The normalized spacial score (nSPS) is 18.0. The zero-order chi connectivity index (χ0) is 24.4. The van der Waals surface area contributed by atoms with Crippen LogP contribution >= 0.6 is 15.9 Å². The lowest BCUT2D eigenvalue weighted by Gasteiger charge is -2.28. The quantitative estimate of drug-likeness (QED) is 0.293. The Morgan fingerprint density at radius 2 is 2.00 bits per heavy atom. The van der Waals surface area contributed by atoms with E-state index >= 15 is 0 Å². The van der Waals surface area contributed by atoms with Crippen molar-refractivity contribution in [1.82, 2.24) is 14.5 Å². The van der Waals surface area contributed by atoms with Crippen molar-refractivity contribution in [2.75, 3.05) is 0 Å². The van der Waals surface area contributed by atoms with Gasteiger partial charge in [-0.3, -0.25) is 9.78 Å². The number of rotatable bonds is 7. The number of benzene rings is 2. The zero-order valence-corrected chi connectivity index (χ0v) is 21.2. The van der Waals surface area contributed by atoms with Crippen LogP contribution in [0, 0.1) is 12.8 Å². The third-order valence-electron chi connectivity index (χ3n) is 6.75. The Morgan fingerprint density at radius 3 is 2.77 bits per heavy atom. The van der Waals surface area contributed by atoms with Gasteiger partial charge < -0.3 is 14.4 Å². The van der Waals surface area contributed by atoms with Crippen molar-refractivity contribution in [2.45, 2.75) is 51.7 Å². The number of carbonyl (C=O) groups is 1. The van der Waals surface area contributed by atoms with Crippen LogP contribution in [-0.4, -0.2) is 25.6 Å². The molecule has 5 rings (SSSR count). The first-order chi connectivity index (χ1) is 17.0. The molecule has 0 bridgehead atoms. The van der Waals surface area contributed by atoms with Crippen LogP contribution in [0.5, 0.6) is 5.75 Å².